The van der Waals surface area contributed by atoms with Crippen LogP contribution in [0.2, 0.25) is 0 Å². The highest BCUT2D eigenvalue weighted by Gasteiger charge is 2.41. The van der Waals surface area contributed by atoms with Gasteiger partial charge in [0, 0.05) is 44.2 Å². The lowest BCUT2D eigenvalue weighted by Crippen LogP contribution is -2.61. The van der Waals surface area contributed by atoms with Gasteiger partial charge in [0.2, 0.25) is 76.8 Å². The molecular weight excluding hydrogens is 1270 g/mol. The number of primary amides is 1. The maximum Gasteiger partial charge on any atom is 0.325 e. The number of carboxylic acids is 1. The zero-order valence-corrected chi connectivity index (χ0v) is 55.3. The number of amides is 13. The van der Waals surface area contributed by atoms with Crippen molar-refractivity contribution in [3.05, 3.63) is 48.0 Å². The number of carbonyl (C=O) groups is 14. The molecule has 1 aliphatic heterocycles. The Morgan fingerprint density at radius 3 is 1.77 bits per heavy atom. The monoisotopic (exact) mass is 1370 g/mol. The fourth-order valence-corrected chi connectivity index (χ4v) is 9.70. The number of nitrogens with zero attached hydrogens (tertiary/aromatic N) is 3. The molecule has 37 nitrogen and oxygen atoms in total. The Morgan fingerprint density at radius 2 is 1.21 bits per heavy atom. The Balaban J connectivity index is 1.74. The largest absolute Gasteiger partial charge is 0.508 e. The van der Waals surface area contributed by atoms with Crippen molar-refractivity contribution in [1.82, 2.24) is 73.4 Å². The Labute approximate surface area is 559 Å². The minimum Gasteiger partial charge on any atom is -0.508 e. The van der Waals surface area contributed by atoms with Gasteiger partial charge in [0.05, 0.1) is 38.2 Å². The summed E-state index contributed by atoms with van der Waals surface area (Å²) in [6, 6.07) is -9.78. The summed E-state index contributed by atoms with van der Waals surface area (Å²) in [7, 11) is 0. The third kappa shape index (κ3) is 27.3. The molecule has 0 spiro atoms. The molecule has 0 unspecified atom stereocenters. The first kappa shape index (κ1) is 81.2. The average Bonchev–Trinajstić information content (AvgIpc) is 1.78. The molecule has 37 heteroatoms. The minimum atomic E-state index is -1.78. The van der Waals surface area contributed by atoms with E-state index in [0.29, 0.717) is 30.5 Å². The number of benzene rings is 1. The fraction of sp³-hybridized carbons (Fsp3) is 0.600. The Morgan fingerprint density at radius 1 is 0.639 bits per heavy atom. The second-order valence-electron chi connectivity index (χ2n) is 23.7. The topological polar surface area (TPSA) is 601 Å². The van der Waals surface area contributed by atoms with Crippen molar-refractivity contribution in [2.45, 2.75) is 185 Å². The van der Waals surface area contributed by atoms with Gasteiger partial charge in [-0.15, -0.1) is 0 Å². The first-order valence-electron chi connectivity index (χ1n) is 31.6. The number of guanidine groups is 1. The highest BCUT2D eigenvalue weighted by Crippen LogP contribution is 2.22. The van der Waals surface area contributed by atoms with Crippen LogP contribution in [0.25, 0.3) is 0 Å². The predicted octanol–water partition coefficient (Wildman–Crippen LogP) is -7.28. The van der Waals surface area contributed by atoms with E-state index in [1.807, 2.05) is 0 Å². The number of imidazole rings is 1. The van der Waals surface area contributed by atoms with E-state index in [1.165, 1.54) is 62.5 Å². The summed E-state index contributed by atoms with van der Waals surface area (Å²) in [5.74, 6) is -14.3. The molecule has 2 heterocycles. The Kier molecular flexibility index (Phi) is 33.8. The van der Waals surface area contributed by atoms with Crippen molar-refractivity contribution in [2.24, 2.45) is 39.8 Å². The molecule has 0 saturated carbocycles. The lowest BCUT2D eigenvalue weighted by Gasteiger charge is -2.32. The quantitative estimate of drug-likeness (QED) is 0.0167. The predicted molar refractivity (Wildman–Crippen MR) is 345 cm³/mol. The van der Waals surface area contributed by atoms with Crippen LogP contribution in [0.3, 0.4) is 0 Å². The van der Waals surface area contributed by atoms with Crippen LogP contribution in [0.1, 0.15) is 111 Å². The summed E-state index contributed by atoms with van der Waals surface area (Å²) in [5.41, 5.74) is 22.6. The van der Waals surface area contributed by atoms with E-state index in [0.717, 1.165) is 0 Å². The van der Waals surface area contributed by atoms with Crippen LogP contribution < -0.4 is 81.4 Å². The molecule has 1 aromatic heterocycles. The van der Waals surface area contributed by atoms with Crippen LogP contribution in [-0.4, -0.2) is 229 Å². The van der Waals surface area contributed by atoms with Crippen LogP contribution >= 0.6 is 0 Å². The zero-order chi connectivity index (χ0) is 72.8. The number of H-pyrrole nitrogens is 1. The lowest BCUT2D eigenvalue weighted by atomic mass is 9.96. The van der Waals surface area contributed by atoms with Gasteiger partial charge in [-0.25, -0.2) is 4.98 Å². The molecule has 13 amide bonds. The SMILES string of the molecule is CC[C@H](C)[C@H](NC(=O)[C@H](Cc1ccc(O)cc1)NC(=O)[C@H](Cc1cnc[nH]1)NC(=O)[C@H](CO)NC(=O)CNC(=O)[C@H](CCCN=C(N)N)NC(=O)[C@H](C)NC(=O)[C@@H]1CCCN1C(=O)[C@@H](NC(=O)CNC(=O)[C@@H](NC(=O)[C@@H](N)CCC(N)=O)[C@@H](C)O)[C@@H](C)CC)C(=O)N[C@@H](C)C(=O)O. The third-order valence-electron chi connectivity index (χ3n) is 15.9. The smallest absolute Gasteiger partial charge is 0.325 e. The first-order chi connectivity index (χ1) is 45.7. The van der Waals surface area contributed by atoms with Crippen molar-refractivity contribution >= 4 is 88.7 Å². The number of likely N-dealkylation sites (tertiary alicyclic amines) is 1. The number of aromatic nitrogens is 2. The summed E-state index contributed by atoms with van der Waals surface area (Å²) in [6.45, 7) is 7.98. The number of aliphatic imine (C=N–C) groups is 1. The van der Waals surface area contributed by atoms with E-state index >= 15 is 0 Å². The number of phenolic OH excluding ortho intramolecular Hbond substituents is 1. The van der Waals surface area contributed by atoms with Gasteiger partial charge in [0.25, 0.3) is 0 Å². The maximum atomic E-state index is 14.3. The standard InChI is InChI=1S/C60H95N19O18/c1-8-29(3)46(57(94)71-32(6)59(96)97)77-53(90)39(22-34-14-16-36(82)17-15-34)74-52(89)40(23-35-24-65-28-69-35)75-54(91)41(27-80)72-44(84)25-67-51(88)38(12-10-20-66-60(63)64)73-49(86)31(5)70-55(92)42-13-11-21-79(42)58(95)47(30(4)9-2)76-45(85)26-68-56(93)48(33(7)81)78-50(87)37(61)18-19-43(62)83/h14-17,24,28-33,37-42,46-48,80-82H,8-13,18-23,25-27,61H2,1-7H3,(H2,62,83)(H,65,69)(H,67,88)(H,68,93)(H,70,92)(H,71,94)(H,72,84)(H,73,86)(H,74,89)(H,75,91)(H,76,85)(H,77,90)(H,78,87)(H,96,97)(H4,63,64,66)/t29-,30-,31-,32-,33+,37-,38-,39-,40-,41-,42-,46-,47-,48-/m0/s1. The molecule has 1 aliphatic rings. The number of carbonyl (C=O) groups excluding carboxylic acids is 13. The molecule has 1 aromatic carbocycles. The number of aliphatic hydroxyl groups is 2. The molecule has 538 valence electrons. The zero-order valence-electron chi connectivity index (χ0n) is 55.3. The van der Waals surface area contributed by atoms with Crippen LogP contribution in [0.15, 0.2) is 41.8 Å². The third-order valence-corrected chi connectivity index (χ3v) is 15.9. The second-order valence-corrected chi connectivity index (χ2v) is 23.7. The van der Waals surface area contributed by atoms with Crippen LogP contribution in [0, 0.1) is 11.8 Å². The number of hydrogen-bond donors (Lipinski definition) is 20. The summed E-state index contributed by atoms with van der Waals surface area (Å²) in [5, 5.41) is 66.9. The summed E-state index contributed by atoms with van der Waals surface area (Å²) in [4.78, 5) is 198. The molecule has 2 aromatic rings. The van der Waals surface area contributed by atoms with Crippen LogP contribution in [0.4, 0.5) is 0 Å². The van der Waals surface area contributed by atoms with Gasteiger partial charge in [0.15, 0.2) is 5.96 Å². The van der Waals surface area contributed by atoms with Gasteiger partial charge < -0.3 is 112 Å². The second kappa shape index (κ2) is 40.4. The number of aromatic hydroxyl groups is 1. The number of hydrogen-bond acceptors (Lipinski definition) is 20. The van der Waals surface area contributed by atoms with Crippen LogP contribution in [-0.2, 0) is 80.0 Å². The number of phenols is 1. The van der Waals surface area contributed by atoms with Crippen molar-refractivity contribution in [3.8, 4) is 5.75 Å². The number of carboxylic acid groups (broad SMARTS) is 1. The van der Waals surface area contributed by atoms with Gasteiger partial charge in [-0.2, -0.15) is 0 Å². The molecule has 1 fully saturated rings. The van der Waals surface area contributed by atoms with E-state index in [4.69, 9.17) is 22.9 Å². The van der Waals surface area contributed by atoms with Gasteiger partial charge in [0.1, 0.15) is 66.2 Å². The Hall–Kier alpha value is -10.0. The molecule has 14 atom stereocenters. The van der Waals surface area contributed by atoms with Gasteiger partial charge in [-0.3, -0.25) is 72.1 Å². The molecular formula is C60H95N19O18. The van der Waals surface area contributed by atoms with E-state index in [-0.39, 0.29) is 69.7 Å². The van der Waals surface area contributed by atoms with E-state index in [2.05, 4.69) is 73.4 Å². The van der Waals surface area contributed by atoms with Gasteiger partial charge >= 0.3 is 5.97 Å². The molecule has 0 radical (unpaired) electrons. The van der Waals surface area contributed by atoms with E-state index in [1.54, 1.807) is 27.7 Å². The average molecular weight is 1370 g/mol. The highest BCUT2D eigenvalue weighted by molar-refractivity contribution is 5.99. The molecule has 1 saturated heterocycles. The molecule has 24 N–H and O–H groups in total. The number of aliphatic hydroxyl groups excluding tert-OH is 2. The molecule has 0 bridgehead atoms. The first-order valence-corrected chi connectivity index (χ1v) is 31.6. The number of nitrogens with one attached hydrogen (secondary N) is 12. The van der Waals surface area contributed by atoms with Crippen molar-refractivity contribution < 1.29 is 87.5 Å². The number of nitrogens with two attached hydrogens (primary N) is 4. The van der Waals surface area contributed by atoms with Crippen molar-refractivity contribution in [1.29, 1.82) is 0 Å². The Bertz CT molecular complexity index is 3080. The summed E-state index contributed by atoms with van der Waals surface area (Å²) < 4.78 is 0. The normalized spacial score (nSPS) is 16.6. The molecule has 97 heavy (non-hydrogen) atoms. The molecule has 3 rings (SSSR count). The number of aromatic amines is 1. The van der Waals surface area contributed by atoms with Gasteiger partial charge in [-0.1, -0.05) is 52.7 Å². The van der Waals surface area contributed by atoms with Crippen LogP contribution in [0.5, 0.6) is 5.75 Å². The summed E-state index contributed by atoms with van der Waals surface area (Å²) >= 11 is 0. The minimum absolute atomic E-state index is 0.0144. The number of aliphatic carboxylic acids is 1. The number of rotatable bonds is 41. The van der Waals surface area contributed by atoms with E-state index in [9.17, 15) is 87.5 Å². The highest BCUT2D eigenvalue weighted by atomic mass is 16.4. The van der Waals surface area contributed by atoms with Crippen molar-refractivity contribution in [3.63, 3.8) is 0 Å². The van der Waals surface area contributed by atoms with E-state index < -0.39 is 187 Å². The maximum absolute atomic E-state index is 14.3. The van der Waals surface area contributed by atoms with Crippen molar-refractivity contribution in [2.75, 3.05) is 32.8 Å². The lowest BCUT2D eigenvalue weighted by molar-refractivity contribution is -0.143. The molecule has 0 aliphatic carbocycles. The van der Waals surface area contributed by atoms with Gasteiger partial charge in [-0.05, 0) is 82.4 Å². The summed E-state index contributed by atoms with van der Waals surface area (Å²) in [6.07, 6.45) is 1.42. The fourth-order valence-electron chi connectivity index (χ4n) is 9.70.